The minimum Gasteiger partial charge on any atom is -0.370 e. The maximum atomic E-state index is 4.28. The van der Waals surface area contributed by atoms with E-state index in [0.29, 0.717) is 0 Å². The lowest BCUT2D eigenvalue weighted by molar-refractivity contribution is 0.521. The highest BCUT2D eigenvalue weighted by Crippen LogP contribution is 2.24. The zero-order chi connectivity index (χ0) is 12.1. The highest BCUT2D eigenvalue weighted by atomic mass is 15.1. The van der Waals surface area contributed by atoms with Crippen LogP contribution in [0, 0.1) is 5.92 Å². The van der Waals surface area contributed by atoms with E-state index < -0.39 is 0 Å². The second-order valence-electron chi connectivity index (χ2n) is 5.06. The lowest BCUT2D eigenvalue weighted by atomic mass is 10.0. The molecule has 2 heterocycles. The van der Waals surface area contributed by atoms with E-state index in [9.17, 15) is 0 Å². The van der Waals surface area contributed by atoms with Crippen molar-refractivity contribution < 1.29 is 0 Å². The fourth-order valence-electron chi connectivity index (χ4n) is 2.54. The van der Waals surface area contributed by atoms with Crippen LogP contribution in [0.25, 0.3) is 0 Å². The standard InChI is InChI=1S/C14H23N3/c1-12-4-3-8-17(9-6-12)14-11-16-7-5-13(14)10-15-2/h5,7,11-12,15H,3-4,6,8-10H2,1-2H3. The third-order valence-electron chi connectivity index (χ3n) is 3.61. The Morgan fingerprint density at radius 1 is 1.41 bits per heavy atom. The summed E-state index contributed by atoms with van der Waals surface area (Å²) in [5.74, 6) is 0.865. The minimum absolute atomic E-state index is 0.865. The molecule has 0 aromatic carbocycles. The second kappa shape index (κ2) is 6.01. The zero-order valence-corrected chi connectivity index (χ0v) is 10.9. The van der Waals surface area contributed by atoms with Crippen molar-refractivity contribution in [1.82, 2.24) is 10.3 Å². The van der Waals surface area contributed by atoms with Gasteiger partial charge in [0.05, 0.1) is 11.9 Å². The molecule has 0 amide bonds. The van der Waals surface area contributed by atoms with E-state index in [1.165, 1.54) is 43.6 Å². The summed E-state index contributed by atoms with van der Waals surface area (Å²) < 4.78 is 0. The molecule has 1 aliphatic rings. The van der Waals surface area contributed by atoms with Crippen LogP contribution >= 0.6 is 0 Å². The number of anilines is 1. The maximum Gasteiger partial charge on any atom is 0.0598 e. The van der Waals surface area contributed by atoms with Crippen LogP contribution in [0.15, 0.2) is 18.5 Å². The van der Waals surface area contributed by atoms with Gasteiger partial charge in [-0.1, -0.05) is 6.92 Å². The molecule has 1 saturated heterocycles. The summed E-state index contributed by atoms with van der Waals surface area (Å²) in [4.78, 5) is 6.79. The van der Waals surface area contributed by atoms with Crippen molar-refractivity contribution in [1.29, 1.82) is 0 Å². The third-order valence-corrected chi connectivity index (χ3v) is 3.61. The molecule has 0 radical (unpaired) electrons. The van der Waals surface area contributed by atoms with Gasteiger partial charge in [-0.15, -0.1) is 0 Å². The molecule has 3 heteroatoms. The number of pyridine rings is 1. The molecule has 2 rings (SSSR count). The van der Waals surface area contributed by atoms with Gasteiger partial charge in [-0.25, -0.2) is 0 Å². The number of rotatable bonds is 3. The van der Waals surface area contributed by atoms with Gasteiger partial charge in [0.15, 0.2) is 0 Å². The van der Waals surface area contributed by atoms with Crippen molar-refractivity contribution >= 4 is 5.69 Å². The Bertz CT molecular complexity index is 351. The molecule has 0 bridgehead atoms. The fourth-order valence-corrected chi connectivity index (χ4v) is 2.54. The fraction of sp³-hybridized carbons (Fsp3) is 0.643. The topological polar surface area (TPSA) is 28.2 Å². The molecular formula is C14H23N3. The smallest absolute Gasteiger partial charge is 0.0598 e. The monoisotopic (exact) mass is 233 g/mol. The average molecular weight is 233 g/mol. The summed E-state index contributed by atoms with van der Waals surface area (Å²) in [6, 6.07) is 2.13. The van der Waals surface area contributed by atoms with Crippen molar-refractivity contribution in [3.63, 3.8) is 0 Å². The molecule has 1 unspecified atom stereocenters. The largest absolute Gasteiger partial charge is 0.370 e. The van der Waals surface area contributed by atoms with Crippen LogP contribution in [0.1, 0.15) is 31.7 Å². The lowest BCUT2D eigenvalue weighted by Gasteiger charge is -2.25. The van der Waals surface area contributed by atoms with E-state index in [4.69, 9.17) is 0 Å². The van der Waals surface area contributed by atoms with Crippen molar-refractivity contribution in [3.8, 4) is 0 Å². The SMILES string of the molecule is CNCc1ccncc1N1CCCC(C)CC1. The van der Waals surface area contributed by atoms with Crippen LogP contribution in [0.3, 0.4) is 0 Å². The molecule has 1 aliphatic heterocycles. The van der Waals surface area contributed by atoms with Gasteiger partial charge in [-0.05, 0) is 43.9 Å². The first kappa shape index (κ1) is 12.4. The third kappa shape index (κ3) is 3.19. The van der Waals surface area contributed by atoms with Gasteiger partial charge in [0.1, 0.15) is 0 Å². The van der Waals surface area contributed by atoms with Crippen LogP contribution in [0.4, 0.5) is 5.69 Å². The van der Waals surface area contributed by atoms with Crippen molar-refractivity contribution in [3.05, 3.63) is 24.0 Å². The first-order valence-electron chi connectivity index (χ1n) is 6.63. The summed E-state index contributed by atoms with van der Waals surface area (Å²) in [6.45, 7) is 5.63. The molecule has 17 heavy (non-hydrogen) atoms. The lowest BCUT2D eigenvalue weighted by Crippen LogP contribution is -2.26. The Morgan fingerprint density at radius 2 is 2.29 bits per heavy atom. The molecule has 1 fully saturated rings. The van der Waals surface area contributed by atoms with Gasteiger partial charge in [-0.2, -0.15) is 0 Å². The summed E-state index contributed by atoms with van der Waals surface area (Å²) in [5, 5.41) is 3.23. The molecule has 0 spiro atoms. The van der Waals surface area contributed by atoms with E-state index in [2.05, 4.69) is 28.2 Å². The second-order valence-corrected chi connectivity index (χ2v) is 5.06. The summed E-state index contributed by atoms with van der Waals surface area (Å²) in [6.07, 6.45) is 7.86. The number of aromatic nitrogens is 1. The molecular weight excluding hydrogens is 210 g/mol. The Hall–Kier alpha value is -1.09. The molecule has 1 N–H and O–H groups in total. The van der Waals surface area contributed by atoms with Gasteiger partial charge in [0, 0.05) is 25.8 Å². The van der Waals surface area contributed by atoms with Gasteiger partial charge in [0.25, 0.3) is 0 Å². The van der Waals surface area contributed by atoms with E-state index in [0.717, 1.165) is 12.5 Å². The van der Waals surface area contributed by atoms with Crippen LogP contribution in [-0.2, 0) is 6.54 Å². The maximum absolute atomic E-state index is 4.28. The highest BCUT2D eigenvalue weighted by molar-refractivity contribution is 5.51. The number of hydrogen-bond donors (Lipinski definition) is 1. The molecule has 0 saturated carbocycles. The molecule has 1 aromatic rings. The van der Waals surface area contributed by atoms with Crippen LogP contribution in [0.2, 0.25) is 0 Å². The Kier molecular flexibility index (Phi) is 4.37. The van der Waals surface area contributed by atoms with Gasteiger partial charge in [0.2, 0.25) is 0 Å². The summed E-state index contributed by atoms with van der Waals surface area (Å²) in [7, 11) is 1.99. The highest BCUT2D eigenvalue weighted by Gasteiger charge is 2.16. The van der Waals surface area contributed by atoms with Gasteiger partial charge >= 0.3 is 0 Å². The molecule has 3 nitrogen and oxygen atoms in total. The Balaban J connectivity index is 2.14. The summed E-state index contributed by atoms with van der Waals surface area (Å²) in [5.41, 5.74) is 2.67. The molecule has 1 atom stereocenters. The van der Waals surface area contributed by atoms with E-state index >= 15 is 0 Å². The van der Waals surface area contributed by atoms with Crippen molar-refractivity contribution in [2.45, 2.75) is 32.7 Å². The van der Waals surface area contributed by atoms with Crippen LogP contribution < -0.4 is 10.2 Å². The zero-order valence-electron chi connectivity index (χ0n) is 10.9. The Morgan fingerprint density at radius 3 is 3.12 bits per heavy atom. The first-order chi connectivity index (χ1) is 8.31. The predicted molar refractivity (Wildman–Crippen MR) is 72.2 cm³/mol. The van der Waals surface area contributed by atoms with E-state index in [1.54, 1.807) is 0 Å². The summed E-state index contributed by atoms with van der Waals surface area (Å²) >= 11 is 0. The molecule has 0 aliphatic carbocycles. The van der Waals surface area contributed by atoms with E-state index in [1.807, 2.05) is 19.4 Å². The predicted octanol–water partition coefficient (Wildman–Crippen LogP) is 2.43. The molecule has 94 valence electrons. The van der Waals surface area contributed by atoms with Crippen LogP contribution in [-0.4, -0.2) is 25.1 Å². The van der Waals surface area contributed by atoms with Crippen molar-refractivity contribution in [2.24, 2.45) is 5.92 Å². The van der Waals surface area contributed by atoms with Crippen molar-refractivity contribution in [2.75, 3.05) is 25.0 Å². The first-order valence-corrected chi connectivity index (χ1v) is 6.63. The minimum atomic E-state index is 0.865. The van der Waals surface area contributed by atoms with Gasteiger partial charge in [-0.3, -0.25) is 4.98 Å². The van der Waals surface area contributed by atoms with E-state index in [-0.39, 0.29) is 0 Å². The average Bonchev–Trinajstić information content (AvgIpc) is 2.55. The normalized spacial score (nSPS) is 21.3. The number of nitrogens with zero attached hydrogens (tertiary/aromatic N) is 2. The quantitative estimate of drug-likeness (QED) is 0.869. The number of hydrogen-bond acceptors (Lipinski definition) is 3. The number of nitrogens with one attached hydrogen (secondary N) is 1. The molecule has 1 aromatic heterocycles. The van der Waals surface area contributed by atoms with Crippen LogP contribution in [0.5, 0.6) is 0 Å². The van der Waals surface area contributed by atoms with Gasteiger partial charge < -0.3 is 10.2 Å². The Labute approximate surface area is 104 Å².